The Kier molecular flexibility index (Phi) is 6.53. The predicted molar refractivity (Wildman–Crippen MR) is 97.9 cm³/mol. The number of nitrogens with zero attached hydrogens (tertiary/aromatic N) is 2. The smallest absolute Gasteiger partial charge is 0.254 e. The summed E-state index contributed by atoms with van der Waals surface area (Å²) in [6, 6.07) is 4.23. The van der Waals surface area contributed by atoms with Crippen LogP contribution in [0.1, 0.15) is 37.0 Å². The fraction of sp³-hybridized carbons (Fsp3) is 0.632. The minimum Gasteiger partial charge on any atom is -0.493 e. The van der Waals surface area contributed by atoms with Gasteiger partial charge in [-0.15, -0.1) is 0 Å². The average Bonchev–Trinajstić information content (AvgIpc) is 2.65. The highest BCUT2D eigenvalue weighted by atomic mass is 16.5. The third kappa shape index (κ3) is 4.18. The van der Waals surface area contributed by atoms with Crippen molar-refractivity contribution in [2.24, 2.45) is 0 Å². The first-order valence-corrected chi connectivity index (χ1v) is 8.74. The van der Waals surface area contributed by atoms with Gasteiger partial charge in [0.15, 0.2) is 11.5 Å². The second-order valence-corrected chi connectivity index (χ2v) is 6.69. The molecule has 2 rings (SSSR count). The van der Waals surface area contributed by atoms with E-state index in [4.69, 9.17) is 14.2 Å². The van der Waals surface area contributed by atoms with Crippen LogP contribution in [-0.2, 0) is 0 Å². The first-order valence-electron chi connectivity index (χ1n) is 8.74. The lowest BCUT2D eigenvalue weighted by molar-refractivity contribution is 0.0614. The molecule has 0 bridgehead atoms. The lowest BCUT2D eigenvalue weighted by Gasteiger charge is -2.38. The first kappa shape index (κ1) is 19.4. The molecule has 1 fully saturated rings. The highest BCUT2D eigenvalue weighted by molar-refractivity contribution is 5.95. The van der Waals surface area contributed by atoms with Crippen molar-refractivity contribution in [3.05, 3.63) is 17.7 Å². The normalized spacial score (nSPS) is 16.0. The van der Waals surface area contributed by atoms with Crippen LogP contribution in [0.15, 0.2) is 12.1 Å². The fourth-order valence-electron chi connectivity index (χ4n) is 3.36. The molecule has 1 heterocycles. The van der Waals surface area contributed by atoms with Gasteiger partial charge in [-0.3, -0.25) is 4.79 Å². The number of carbonyl (C=O) groups is 1. The molecule has 0 spiro atoms. The van der Waals surface area contributed by atoms with Crippen molar-refractivity contribution in [3.63, 3.8) is 0 Å². The summed E-state index contributed by atoms with van der Waals surface area (Å²) in [7, 11) is 6.53. The van der Waals surface area contributed by atoms with E-state index in [1.165, 1.54) is 0 Å². The van der Waals surface area contributed by atoms with Crippen LogP contribution < -0.4 is 14.2 Å². The standard InChI is InChI=1S/C19H30N2O4/c1-13(2)21-9-7-15(8-10-21)20(3)19(22)14-11-16(23-4)18(25-6)17(12-14)24-5/h11-13,15H,7-10H2,1-6H3. The summed E-state index contributed by atoms with van der Waals surface area (Å²) in [5, 5.41) is 0. The molecule has 0 N–H and O–H groups in total. The lowest BCUT2D eigenvalue weighted by atomic mass is 10.0. The number of hydrogen-bond donors (Lipinski definition) is 0. The molecular formula is C19H30N2O4. The minimum absolute atomic E-state index is 0.0257. The molecule has 25 heavy (non-hydrogen) atoms. The minimum atomic E-state index is -0.0257. The molecule has 0 aliphatic carbocycles. The zero-order valence-electron chi connectivity index (χ0n) is 16.2. The number of amides is 1. The summed E-state index contributed by atoms with van der Waals surface area (Å²) < 4.78 is 16.0. The highest BCUT2D eigenvalue weighted by Crippen LogP contribution is 2.38. The van der Waals surface area contributed by atoms with Crippen molar-refractivity contribution in [3.8, 4) is 17.2 Å². The van der Waals surface area contributed by atoms with Gasteiger partial charge in [0.25, 0.3) is 5.91 Å². The van der Waals surface area contributed by atoms with Gasteiger partial charge in [0, 0.05) is 37.8 Å². The number of rotatable bonds is 6. The maximum Gasteiger partial charge on any atom is 0.254 e. The maximum atomic E-state index is 13.0. The van der Waals surface area contributed by atoms with Crippen LogP contribution in [0, 0.1) is 0 Å². The van der Waals surface area contributed by atoms with E-state index in [0.717, 1.165) is 25.9 Å². The molecule has 0 unspecified atom stereocenters. The first-order chi connectivity index (χ1) is 11.9. The Labute approximate surface area is 150 Å². The molecule has 0 radical (unpaired) electrons. The molecule has 1 amide bonds. The summed E-state index contributed by atoms with van der Waals surface area (Å²) in [6.45, 7) is 6.47. The van der Waals surface area contributed by atoms with Crippen LogP contribution in [-0.4, -0.2) is 69.3 Å². The van der Waals surface area contributed by atoms with Crippen LogP contribution in [0.2, 0.25) is 0 Å². The SMILES string of the molecule is COc1cc(C(=O)N(C)C2CCN(C(C)C)CC2)cc(OC)c1OC. The molecule has 140 valence electrons. The number of piperidine rings is 1. The van der Waals surface area contributed by atoms with E-state index in [-0.39, 0.29) is 11.9 Å². The Balaban J connectivity index is 2.17. The summed E-state index contributed by atoms with van der Waals surface area (Å²) >= 11 is 0. The Morgan fingerprint density at radius 3 is 2.00 bits per heavy atom. The van der Waals surface area contributed by atoms with Gasteiger partial charge in [0.2, 0.25) is 5.75 Å². The molecule has 0 aromatic heterocycles. The summed E-state index contributed by atoms with van der Waals surface area (Å²) in [5.74, 6) is 1.46. The van der Waals surface area contributed by atoms with Gasteiger partial charge < -0.3 is 24.0 Å². The molecular weight excluding hydrogens is 320 g/mol. The third-order valence-corrected chi connectivity index (χ3v) is 5.01. The Hall–Kier alpha value is -1.95. The number of hydrogen-bond acceptors (Lipinski definition) is 5. The lowest BCUT2D eigenvalue weighted by Crippen LogP contribution is -2.47. The van der Waals surface area contributed by atoms with Crippen molar-refractivity contribution in [1.82, 2.24) is 9.80 Å². The van der Waals surface area contributed by atoms with Gasteiger partial charge in [-0.05, 0) is 38.8 Å². The number of likely N-dealkylation sites (tertiary alicyclic amines) is 1. The van der Waals surface area contributed by atoms with Crippen LogP contribution in [0.3, 0.4) is 0 Å². The van der Waals surface area contributed by atoms with Crippen LogP contribution in [0.25, 0.3) is 0 Å². The maximum absolute atomic E-state index is 13.0. The van der Waals surface area contributed by atoms with Crippen LogP contribution >= 0.6 is 0 Å². The molecule has 0 atom stereocenters. The molecule has 1 aliphatic heterocycles. The molecule has 1 saturated heterocycles. The van der Waals surface area contributed by atoms with Crippen molar-refractivity contribution in [2.45, 2.75) is 38.8 Å². The molecule has 0 saturated carbocycles. The van der Waals surface area contributed by atoms with E-state index in [1.807, 2.05) is 11.9 Å². The Morgan fingerprint density at radius 2 is 1.60 bits per heavy atom. The largest absolute Gasteiger partial charge is 0.493 e. The Bertz CT molecular complexity index is 570. The van der Waals surface area contributed by atoms with E-state index in [0.29, 0.717) is 28.9 Å². The van der Waals surface area contributed by atoms with Crippen LogP contribution in [0.5, 0.6) is 17.2 Å². The molecule has 1 aromatic carbocycles. The monoisotopic (exact) mass is 350 g/mol. The summed E-state index contributed by atoms with van der Waals surface area (Å²) in [6.07, 6.45) is 1.98. The molecule has 1 aromatic rings. The predicted octanol–water partition coefficient (Wildman–Crippen LogP) is 2.66. The topological polar surface area (TPSA) is 51.2 Å². The number of carbonyl (C=O) groups excluding carboxylic acids is 1. The highest BCUT2D eigenvalue weighted by Gasteiger charge is 2.28. The van der Waals surface area contributed by atoms with Gasteiger partial charge in [0.1, 0.15) is 0 Å². The van der Waals surface area contributed by atoms with E-state index < -0.39 is 0 Å². The van der Waals surface area contributed by atoms with Gasteiger partial charge in [0.05, 0.1) is 21.3 Å². The number of benzene rings is 1. The van der Waals surface area contributed by atoms with Gasteiger partial charge in [-0.25, -0.2) is 0 Å². The van der Waals surface area contributed by atoms with Crippen molar-refractivity contribution >= 4 is 5.91 Å². The fourth-order valence-corrected chi connectivity index (χ4v) is 3.36. The van der Waals surface area contributed by atoms with Gasteiger partial charge in [-0.2, -0.15) is 0 Å². The summed E-state index contributed by atoms with van der Waals surface area (Å²) in [5.41, 5.74) is 0.545. The van der Waals surface area contributed by atoms with Gasteiger partial charge >= 0.3 is 0 Å². The zero-order valence-corrected chi connectivity index (χ0v) is 16.2. The average molecular weight is 350 g/mol. The van der Waals surface area contributed by atoms with E-state index in [9.17, 15) is 4.79 Å². The second kappa shape index (κ2) is 8.43. The van der Waals surface area contributed by atoms with Crippen molar-refractivity contribution < 1.29 is 19.0 Å². The molecule has 1 aliphatic rings. The van der Waals surface area contributed by atoms with E-state index >= 15 is 0 Å². The summed E-state index contributed by atoms with van der Waals surface area (Å²) in [4.78, 5) is 17.3. The van der Waals surface area contributed by atoms with E-state index in [2.05, 4.69) is 18.7 Å². The molecule has 6 nitrogen and oxygen atoms in total. The van der Waals surface area contributed by atoms with Crippen LogP contribution in [0.4, 0.5) is 0 Å². The number of methoxy groups -OCH3 is 3. The molecule has 6 heteroatoms. The van der Waals surface area contributed by atoms with Crippen molar-refractivity contribution in [2.75, 3.05) is 41.5 Å². The van der Waals surface area contributed by atoms with E-state index in [1.54, 1.807) is 33.5 Å². The van der Waals surface area contributed by atoms with Crippen molar-refractivity contribution in [1.29, 1.82) is 0 Å². The second-order valence-electron chi connectivity index (χ2n) is 6.69. The number of ether oxygens (including phenoxy) is 3. The zero-order chi connectivity index (χ0) is 18.6. The quantitative estimate of drug-likeness (QED) is 0.789. The third-order valence-electron chi connectivity index (χ3n) is 5.01. The van der Waals surface area contributed by atoms with Gasteiger partial charge in [-0.1, -0.05) is 0 Å². The Morgan fingerprint density at radius 1 is 1.08 bits per heavy atom.